The number of likely N-dealkylation sites (N-methyl/N-ethyl adjacent to an activating group) is 1. The number of methoxy groups -OCH3 is 1. The van der Waals surface area contributed by atoms with E-state index in [1.807, 2.05) is 7.05 Å². The van der Waals surface area contributed by atoms with Crippen LogP contribution in [0.2, 0.25) is 0 Å². The van der Waals surface area contributed by atoms with E-state index in [0.29, 0.717) is 6.04 Å². The van der Waals surface area contributed by atoms with Gasteiger partial charge in [0.15, 0.2) is 0 Å². The largest absolute Gasteiger partial charge is 0.377 e. The van der Waals surface area contributed by atoms with Crippen LogP contribution in [0.4, 0.5) is 0 Å². The van der Waals surface area contributed by atoms with Gasteiger partial charge in [-0.25, -0.2) is 0 Å². The molecule has 84 valence electrons. The van der Waals surface area contributed by atoms with E-state index in [0.717, 1.165) is 19.3 Å². The van der Waals surface area contributed by atoms with Crippen LogP contribution < -0.4 is 5.32 Å². The Morgan fingerprint density at radius 2 is 2.07 bits per heavy atom. The van der Waals surface area contributed by atoms with Crippen LogP contribution in [-0.4, -0.2) is 25.8 Å². The summed E-state index contributed by atoms with van der Waals surface area (Å²) in [5, 5.41) is 3.32. The summed E-state index contributed by atoms with van der Waals surface area (Å²) in [5.74, 6) is 0. The van der Waals surface area contributed by atoms with Crippen molar-refractivity contribution in [3.63, 3.8) is 0 Å². The average Bonchev–Trinajstić information content (AvgIpc) is 2.24. The third-order valence-corrected chi connectivity index (χ3v) is 3.25. The van der Waals surface area contributed by atoms with E-state index >= 15 is 0 Å². The number of nitrogens with one attached hydrogen (secondary N) is 1. The predicted octanol–water partition coefficient (Wildman–Crippen LogP) is 2.75. The number of rotatable bonds is 7. The molecular weight excluding hydrogens is 174 g/mol. The van der Waals surface area contributed by atoms with Gasteiger partial charge in [0.05, 0.1) is 5.60 Å². The van der Waals surface area contributed by atoms with Gasteiger partial charge in [-0.1, -0.05) is 26.0 Å². The second-order valence-corrected chi connectivity index (χ2v) is 4.02. The molecule has 0 saturated carbocycles. The Hall–Kier alpha value is -0.340. The van der Waals surface area contributed by atoms with Crippen LogP contribution in [0.1, 0.15) is 40.0 Å². The van der Waals surface area contributed by atoms with E-state index in [1.165, 1.54) is 5.57 Å². The zero-order chi connectivity index (χ0) is 11.2. The van der Waals surface area contributed by atoms with Gasteiger partial charge in [0.1, 0.15) is 0 Å². The summed E-state index contributed by atoms with van der Waals surface area (Å²) in [7, 11) is 3.77. The summed E-state index contributed by atoms with van der Waals surface area (Å²) in [6.45, 7) is 10.5. The van der Waals surface area contributed by atoms with Gasteiger partial charge < -0.3 is 10.1 Å². The lowest BCUT2D eigenvalue weighted by atomic mass is 9.88. The Morgan fingerprint density at radius 3 is 2.36 bits per heavy atom. The molecule has 2 heteroatoms. The zero-order valence-electron chi connectivity index (χ0n) is 10.3. The standard InChI is InChI=1S/C12H25NO/c1-7-10(3)9-11(13-5)12(4,8-2)14-6/h11,13H,3,7-9H2,1-2,4-6H3. The highest BCUT2D eigenvalue weighted by Gasteiger charge is 2.31. The van der Waals surface area contributed by atoms with E-state index in [1.54, 1.807) is 7.11 Å². The minimum Gasteiger partial charge on any atom is -0.377 e. The zero-order valence-corrected chi connectivity index (χ0v) is 10.3. The Morgan fingerprint density at radius 1 is 1.50 bits per heavy atom. The van der Waals surface area contributed by atoms with Crippen molar-refractivity contribution in [3.05, 3.63) is 12.2 Å². The maximum atomic E-state index is 5.58. The van der Waals surface area contributed by atoms with Crippen LogP contribution in [0.25, 0.3) is 0 Å². The molecule has 0 aliphatic rings. The first-order valence-corrected chi connectivity index (χ1v) is 5.43. The van der Waals surface area contributed by atoms with Crippen LogP contribution in [0.15, 0.2) is 12.2 Å². The fraction of sp³-hybridized carbons (Fsp3) is 0.833. The SMILES string of the molecule is C=C(CC)CC(NC)C(C)(CC)OC. The smallest absolute Gasteiger partial charge is 0.0803 e. The monoisotopic (exact) mass is 199 g/mol. The molecule has 2 nitrogen and oxygen atoms in total. The van der Waals surface area contributed by atoms with Gasteiger partial charge in [-0.15, -0.1) is 0 Å². The molecule has 0 aliphatic heterocycles. The highest BCUT2D eigenvalue weighted by atomic mass is 16.5. The molecule has 0 aromatic heterocycles. The molecule has 2 unspecified atom stereocenters. The molecule has 0 aliphatic carbocycles. The molecule has 0 aromatic carbocycles. The van der Waals surface area contributed by atoms with Crippen molar-refractivity contribution in [1.82, 2.24) is 5.32 Å². The fourth-order valence-corrected chi connectivity index (χ4v) is 1.59. The molecule has 0 amide bonds. The van der Waals surface area contributed by atoms with Crippen LogP contribution in [0.5, 0.6) is 0 Å². The van der Waals surface area contributed by atoms with Gasteiger partial charge in [0.2, 0.25) is 0 Å². The lowest BCUT2D eigenvalue weighted by Gasteiger charge is -2.36. The van der Waals surface area contributed by atoms with Crippen molar-refractivity contribution in [2.24, 2.45) is 0 Å². The van der Waals surface area contributed by atoms with Crippen LogP contribution in [-0.2, 0) is 4.74 Å². The van der Waals surface area contributed by atoms with Gasteiger partial charge in [0.25, 0.3) is 0 Å². The highest BCUT2D eigenvalue weighted by molar-refractivity contribution is 5.01. The van der Waals surface area contributed by atoms with Gasteiger partial charge >= 0.3 is 0 Å². The maximum absolute atomic E-state index is 5.58. The minimum absolute atomic E-state index is 0.0904. The third kappa shape index (κ3) is 3.43. The Kier molecular flexibility index (Phi) is 6.05. The van der Waals surface area contributed by atoms with E-state index in [-0.39, 0.29) is 5.60 Å². The van der Waals surface area contributed by atoms with Crippen LogP contribution in [0, 0.1) is 0 Å². The van der Waals surface area contributed by atoms with E-state index < -0.39 is 0 Å². The average molecular weight is 199 g/mol. The van der Waals surface area contributed by atoms with E-state index in [9.17, 15) is 0 Å². The number of hydrogen-bond acceptors (Lipinski definition) is 2. The first-order chi connectivity index (χ1) is 6.53. The molecule has 0 heterocycles. The topological polar surface area (TPSA) is 21.3 Å². The first kappa shape index (κ1) is 13.7. The summed E-state index contributed by atoms with van der Waals surface area (Å²) in [5.41, 5.74) is 1.19. The molecule has 0 spiro atoms. The molecule has 14 heavy (non-hydrogen) atoms. The van der Waals surface area contributed by atoms with Gasteiger partial charge in [-0.2, -0.15) is 0 Å². The Labute approximate surface area is 88.7 Å². The summed E-state index contributed by atoms with van der Waals surface area (Å²) in [6, 6.07) is 0.352. The maximum Gasteiger partial charge on any atom is 0.0803 e. The highest BCUT2D eigenvalue weighted by Crippen LogP contribution is 2.24. The summed E-state index contributed by atoms with van der Waals surface area (Å²) in [4.78, 5) is 0. The number of hydrogen-bond donors (Lipinski definition) is 1. The molecule has 0 saturated heterocycles. The lowest BCUT2D eigenvalue weighted by Crippen LogP contribution is -2.48. The first-order valence-electron chi connectivity index (χ1n) is 5.43. The summed E-state index contributed by atoms with van der Waals surface area (Å²) < 4.78 is 5.58. The second-order valence-electron chi connectivity index (χ2n) is 4.02. The molecule has 0 aromatic rings. The van der Waals surface area contributed by atoms with Crippen molar-refractivity contribution in [2.75, 3.05) is 14.2 Å². The third-order valence-electron chi connectivity index (χ3n) is 3.25. The normalized spacial score (nSPS) is 17.5. The van der Waals surface area contributed by atoms with Crippen molar-refractivity contribution < 1.29 is 4.74 Å². The quantitative estimate of drug-likeness (QED) is 0.637. The van der Waals surface area contributed by atoms with Crippen LogP contribution in [0.3, 0.4) is 0 Å². The van der Waals surface area contributed by atoms with Gasteiger partial charge in [0, 0.05) is 13.2 Å². The predicted molar refractivity (Wildman–Crippen MR) is 62.6 cm³/mol. The van der Waals surface area contributed by atoms with E-state index in [4.69, 9.17) is 4.74 Å². The number of ether oxygens (including phenoxy) is 1. The lowest BCUT2D eigenvalue weighted by molar-refractivity contribution is -0.0269. The van der Waals surface area contributed by atoms with Gasteiger partial charge in [-0.3, -0.25) is 0 Å². The summed E-state index contributed by atoms with van der Waals surface area (Å²) in [6.07, 6.45) is 3.04. The second kappa shape index (κ2) is 6.20. The Balaban J connectivity index is 4.44. The van der Waals surface area contributed by atoms with Crippen LogP contribution >= 0.6 is 0 Å². The molecule has 0 rings (SSSR count). The van der Waals surface area contributed by atoms with Crippen molar-refractivity contribution in [1.29, 1.82) is 0 Å². The molecule has 1 N–H and O–H groups in total. The Bertz CT molecular complexity index is 173. The van der Waals surface area contributed by atoms with E-state index in [2.05, 4.69) is 32.7 Å². The minimum atomic E-state index is -0.0904. The molecule has 0 fully saturated rings. The molecule has 0 radical (unpaired) electrons. The van der Waals surface area contributed by atoms with Crippen molar-refractivity contribution in [3.8, 4) is 0 Å². The molecule has 0 bridgehead atoms. The molecule has 2 atom stereocenters. The van der Waals surface area contributed by atoms with Crippen molar-refractivity contribution >= 4 is 0 Å². The summed E-state index contributed by atoms with van der Waals surface area (Å²) >= 11 is 0. The fourth-order valence-electron chi connectivity index (χ4n) is 1.59. The molecular formula is C12H25NO. The van der Waals surface area contributed by atoms with Gasteiger partial charge in [-0.05, 0) is 33.2 Å². The van der Waals surface area contributed by atoms with Crippen molar-refractivity contribution in [2.45, 2.75) is 51.7 Å².